The normalized spacial score (nSPS) is 10.3. The molecule has 0 spiro atoms. The number of aromatic nitrogens is 2. The Balaban J connectivity index is 2.04. The molecule has 94 valence electrons. The van der Waals surface area contributed by atoms with Crippen molar-refractivity contribution in [1.29, 1.82) is 0 Å². The van der Waals surface area contributed by atoms with Gasteiger partial charge in [0.15, 0.2) is 0 Å². The quantitative estimate of drug-likeness (QED) is 0.922. The monoisotopic (exact) mass is 307 g/mol. The van der Waals surface area contributed by atoms with Crippen molar-refractivity contribution < 1.29 is 4.74 Å². The summed E-state index contributed by atoms with van der Waals surface area (Å²) in [4.78, 5) is 8.35. The predicted octanol–water partition coefficient (Wildman–Crippen LogP) is 3.14. The van der Waals surface area contributed by atoms with Crippen molar-refractivity contribution in [3.05, 3.63) is 46.7 Å². The van der Waals surface area contributed by atoms with Crippen LogP contribution in [0.2, 0.25) is 0 Å². The van der Waals surface area contributed by atoms with E-state index in [2.05, 4.69) is 38.1 Å². The lowest BCUT2D eigenvalue weighted by Gasteiger charge is -2.06. The number of halogens is 1. The second-order valence-corrected chi connectivity index (χ2v) is 4.54. The summed E-state index contributed by atoms with van der Waals surface area (Å²) in [5.74, 6) is 0.705. The minimum Gasteiger partial charge on any atom is -0.423 e. The van der Waals surface area contributed by atoms with E-state index in [1.807, 2.05) is 24.3 Å². The third-order valence-corrected chi connectivity index (χ3v) is 2.95. The molecule has 4 nitrogen and oxygen atoms in total. The van der Waals surface area contributed by atoms with E-state index >= 15 is 0 Å². The molecule has 0 bridgehead atoms. The molecule has 0 unspecified atom stereocenters. The molecule has 2 aromatic rings. The zero-order valence-electron chi connectivity index (χ0n) is 10.1. The molecule has 0 aliphatic rings. The van der Waals surface area contributed by atoms with Gasteiger partial charge < -0.3 is 10.1 Å². The van der Waals surface area contributed by atoms with E-state index in [1.165, 1.54) is 0 Å². The summed E-state index contributed by atoms with van der Waals surface area (Å²) >= 11 is 3.41. The topological polar surface area (TPSA) is 47.0 Å². The fourth-order valence-corrected chi connectivity index (χ4v) is 1.75. The highest BCUT2D eigenvalue weighted by Gasteiger charge is 2.03. The first-order chi connectivity index (χ1) is 8.79. The van der Waals surface area contributed by atoms with Crippen LogP contribution in [0.4, 0.5) is 0 Å². The SMILES string of the molecule is CCNCc1cnc(Oc2ccccc2Br)nc1. The molecule has 2 rings (SSSR count). The fourth-order valence-electron chi connectivity index (χ4n) is 1.38. The van der Waals surface area contributed by atoms with Crippen LogP contribution in [-0.2, 0) is 6.54 Å². The van der Waals surface area contributed by atoms with Crippen LogP contribution in [0.1, 0.15) is 12.5 Å². The molecule has 5 heteroatoms. The molecule has 1 N–H and O–H groups in total. The number of benzene rings is 1. The summed E-state index contributed by atoms with van der Waals surface area (Å²) in [6, 6.07) is 7.95. The Kier molecular flexibility index (Phi) is 4.66. The number of nitrogens with zero attached hydrogens (tertiary/aromatic N) is 2. The molecule has 0 saturated heterocycles. The van der Waals surface area contributed by atoms with Gasteiger partial charge in [-0.05, 0) is 34.6 Å². The molecule has 18 heavy (non-hydrogen) atoms. The van der Waals surface area contributed by atoms with Gasteiger partial charge in [-0.1, -0.05) is 19.1 Å². The molecule has 0 aliphatic carbocycles. The Morgan fingerprint density at radius 2 is 1.94 bits per heavy atom. The van der Waals surface area contributed by atoms with Gasteiger partial charge >= 0.3 is 6.01 Å². The van der Waals surface area contributed by atoms with E-state index in [9.17, 15) is 0 Å². The van der Waals surface area contributed by atoms with E-state index < -0.39 is 0 Å². The fraction of sp³-hybridized carbons (Fsp3) is 0.231. The van der Waals surface area contributed by atoms with Crippen LogP contribution in [0.3, 0.4) is 0 Å². The zero-order valence-corrected chi connectivity index (χ0v) is 11.6. The Hall–Kier alpha value is -1.46. The summed E-state index contributed by atoms with van der Waals surface area (Å²) in [7, 11) is 0. The molecule has 0 amide bonds. The van der Waals surface area contributed by atoms with Gasteiger partial charge in [-0.3, -0.25) is 0 Å². The van der Waals surface area contributed by atoms with Gasteiger partial charge in [0.25, 0.3) is 0 Å². The molecule has 0 atom stereocenters. The second kappa shape index (κ2) is 6.47. The van der Waals surface area contributed by atoms with Gasteiger partial charge in [0, 0.05) is 24.5 Å². The van der Waals surface area contributed by atoms with Crippen LogP contribution in [0.25, 0.3) is 0 Å². The van der Waals surface area contributed by atoms with E-state index in [0.29, 0.717) is 11.8 Å². The summed E-state index contributed by atoms with van der Waals surface area (Å²) in [6.07, 6.45) is 3.53. The highest BCUT2D eigenvalue weighted by atomic mass is 79.9. The summed E-state index contributed by atoms with van der Waals surface area (Å²) in [6.45, 7) is 3.76. The lowest BCUT2D eigenvalue weighted by atomic mass is 10.3. The molecular formula is C13H14BrN3O. The van der Waals surface area contributed by atoms with Crippen LogP contribution in [0, 0.1) is 0 Å². The highest BCUT2D eigenvalue weighted by molar-refractivity contribution is 9.10. The zero-order chi connectivity index (χ0) is 12.8. The van der Waals surface area contributed by atoms with Crippen LogP contribution in [0.5, 0.6) is 11.8 Å². The van der Waals surface area contributed by atoms with E-state index in [1.54, 1.807) is 12.4 Å². The van der Waals surface area contributed by atoms with Gasteiger partial charge in [0.1, 0.15) is 5.75 Å². The third-order valence-electron chi connectivity index (χ3n) is 2.30. The van der Waals surface area contributed by atoms with Gasteiger partial charge in [-0.25, -0.2) is 9.97 Å². The van der Waals surface area contributed by atoms with E-state index in [-0.39, 0.29) is 0 Å². The average Bonchev–Trinajstić information content (AvgIpc) is 2.41. The molecule has 0 radical (unpaired) electrons. The van der Waals surface area contributed by atoms with Gasteiger partial charge in [-0.15, -0.1) is 0 Å². The maximum Gasteiger partial charge on any atom is 0.321 e. The maximum absolute atomic E-state index is 5.58. The highest BCUT2D eigenvalue weighted by Crippen LogP contribution is 2.27. The summed E-state index contributed by atoms with van der Waals surface area (Å²) in [5, 5.41) is 3.21. The maximum atomic E-state index is 5.58. The van der Waals surface area contributed by atoms with Gasteiger partial charge in [0.2, 0.25) is 0 Å². The van der Waals surface area contributed by atoms with Crippen molar-refractivity contribution in [2.24, 2.45) is 0 Å². The molecule has 0 fully saturated rings. The lowest BCUT2D eigenvalue weighted by molar-refractivity contribution is 0.438. The van der Waals surface area contributed by atoms with Crippen molar-refractivity contribution in [2.45, 2.75) is 13.5 Å². The van der Waals surface area contributed by atoms with E-state index in [4.69, 9.17) is 4.74 Å². The van der Waals surface area contributed by atoms with Crippen LogP contribution >= 0.6 is 15.9 Å². The Morgan fingerprint density at radius 1 is 1.22 bits per heavy atom. The Bertz CT molecular complexity index is 502. The molecule has 1 aromatic heterocycles. The molecule has 1 aromatic carbocycles. The lowest BCUT2D eigenvalue weighted by Crippen LogP contribution is -2.12. The van der Waals surface area contributed by atoms with Gasteiger partial charge in [0.05, 0.1) is 4.47 Å². The van der Waals surface area contributed by atoms with Crippen molar-refractivity contribution in [3.63, 3.8) is 0 Å². The first-order valence-corrected chi connectivity index (χ1v) is 6.53. The summed E-state index contributed by atoms with van der Waals surface area (Å²) in [5.41, 5.74) is 1.04. The van der Waals surface area contributed by atoms with Crippen molar-refractivity contribution in [1.82, 2.24) is 15.3 Å². The molecule has 0 saturated carbocycles. The smallest absolute Gasteiger partial charge is 0.321 e. The number of hydrogen-bond donors (Lipinski definition) is 1. The first kappa shape index (κ1) is 13.0. The Labute approximate surface area is 115 Å². The van der Waals surface area contributed by atoms with Crippen LogP contribution in [0.15, 0.2) is 41.1 Å². The number of para-hydroxylation sites is 1. The number of rotatable bonds is 5. The minimum atomic E-state index is 0.349. The third kappa shape index (κ3) is 3.51. The van der Waals surface area contributed by atoms with Crippen LogP contribution < -0.4 is 10.1 Å². The minimum absolute atomic E-state index is 0.349. The number of nitrogens with one attached hydrogen (secondary N) is 1. The number of hydrogen-bond acceptors (Lipinski definition) is 4. The standard InChI is InChI=1S/C13H14BrN3O/c1-2-15-7-10-8-16-13(17-9-10)18-12-6-4-3-5-11(12)14/h3-6,8-9,15H,2,7H2,1H3. The molecule has 0 aliphatic heterocycles. The van der Waals surface area contributed by atoms with Crippen LogP contribution in [-0.4, -0.2) is 16.5 Å². The molecule has 1 heterocycles. The number of ether oxygens (including phenoxy) is 1. The van der Waals surface area contributed by atoms with Crippen molar-refractivity contribution in [3.8, 4) is 11.8 Å². The molecular weight excluding hydrogens is 294 g/mol. The van der Waals surface area contributed by atoms with Crippen molar-refractivity contribution >= 4 is 15.9 Å². The van der Waals surface area contributed by atoms with Crippen molar-refractivity contribution in [2.75, 3.05) is 6.54 Å². The first-order valence-electron chi connectivity index (χ1n) is 5.73. The second-order valence-electron chi connectivity index (χ2n) is 3.69. The summed E-state index contributed by atoms with van der Waals surface area (Å²) < 4.78 is 6.46. The average molecular weight is 308 g/mol. The Morgan fingerprint density at radius 3 is 2.61 bits per heavy atom. The predicted molar refractivity (Wildman–Crippen MR) is 73.6 cm³/mol. The largest absolute Gasteiger partial charge is 0.423 e. The van der Waals surface area contributed by atoms with Gasteiger partial charge in [-0.2, -0.15) is 0 Å². The van der Waals surface area contributed by atoms with E-state index in [0.717, 1.165) is 23.1 Å².